The first-order chi connectivity index (χ1) is 8.86. The number of nitrogens with zero attached hydrogens (tertiary/aromatic N) is 2. The summed E-state index contributed by atoms with van der Waals surface area (Å²) in [5, 5.41) is 8.88. The average Bonchev–Trinajstić information content (AvgIpc) is 2.68. The number of alkyl halides is 3. The number of carbonyl (C=O) groups excluding carboxylic acids is 1. The van der Waals surface area contributed by atoms with Gasteiger partial charge in [-0.15, -0.1) is 0 Å². The molecule has 0 saturated carbocycles. The topological polar surface area (TPSA) is 55.1 Å². The molecule has 0 aliphatic carbocycles. The molecule has 102 valence electrons. The number of carbonyl (C=O) groups is 1. The van der Waals surface area contributed by atoms with Crippen molar-refractivity contribution < 1.29 is 23.1 Å². The van der Waals surface area contributed by atoms with Crippen LogP contribution in [0.15, 0.2) is 18.2 Å². The largest absolute Gasteiger partial charge is 0.449 e. The quantitative estimate of drug-likeness (QED) is 0.872. The number of aliphatic hydroxyl groups is 1. The van der Waals surface area contributed by atoms with Crippen LogP contribution in [0.3, 0.4) is 0 Å². The van der Waals surface area contributed by atoms with E-state index in [9.17, 15) is 18.0 Å². The molecule has 1 aromatic heterocycles. The number of halogens is 3. The molecule has 7 heteroatoms. The zero-order valence-corrected chi connectivity index (χ0v) is 10.0. The van der Waals surface area contributed by atoms with Crippen LogP contribution in [0.4, 0.5) is 13.2 Å². The van der Waals surface area contributed by atoms with E-state index >= 15 is 0 Å². The maximum Gasteiger partial charge on any atom is 0.449 e. The molecule has 0 bridgehead atoms. The van der Waals surface area contributed by atoms with E-state index in [1.807, 2.05) is 0 Å². The van der Waals surface area contributed by atoms with Crippen molar-refractivity contribution in [3.05, 3.63) is 29.6 Å². The molecular formula is C12H11F3N2O2. The molecular weight excluding hydrogens is 261 g/mol. The molecule has 0 aliphatic rings. The Morgan fingerprint density at radius 1 is 1.42 bits per heavy atom. The summed E-state index contributed by atoms with van der Waals surface area (Å²) in [6, 6.07) is 4.37. The molecule has 1 N–H and O–H groups in total. The van der Waals surface area contributed by atoms with Crippen LogP contribution >= 0.6 is 0 Å². The molecule has 19 heavy (non-hydrogen) atoms. The standard InChI is InChI=1S/C12H11F3N2O2/c1-7(19)8-3-2-4-9-10(8)16-11(12(13,14)15)17(9)5-6-18/h2-4,18H,5-6H2,1H3. The van der Waals surface area contributed by atoms with Crippen LogP contribution in [0.1, 0.15) is 23.1 Å². The lowest BCUT2D eigenvalue weighted by Crippen LogP contribution is -2.16. The molecule has 4 nitrogen and oxygen atoms in total. The van der Waals surface area contributed by atoms with Crippen LogP contribution in [0.2, 0.25) is 0 Å². The number of aromatic nitrogens is 2. The van der Waals surface area contributed by atoms with E-state index in [0.29, 0.717) is 0 Å². The van der Waals surface area contributed by atoms with Crippen molar-refractivity contribution in [2.24, 2.45) is 0 Å². The fraction of sp³-hybridized carbons (Fsp3) is 0.333. The van der Waals surface area contributed by atoms with E-state index in [-0.39, 0.29) is 28.9 Å². The third-order valence-corrected chi connectivity index (χ3v) is 2.74. The van der Waals surface area contributed by atoms with Gasteiger partial charge in [-0.3, -0.25) is 4.79 Å². The molecule has 1 heterocycles. The number of hydrogen-bond donors (Lipinski definition) is 1. The van der Waals surface area contributed by atoms with Crippen molar-refractivity contribution in [1.82, 2.24) is 9.55 Å². The average molecular weight is 272 g/mol. The second-order valence-electron chi connectivity index (χ2n) is 4.04. The van der Waals surface area contributed by atoms with Gasteiger partial charge in [-0.2, -0.15) is 13.2 Å². The van der Waals surface area contributed by atoms with Crippen molar-refractivity contribution in [2.45, 2.75) is 19.6 Å². The van der Waals surface area contributed by atoms with E-state index in [2.05, 4.69) is 4.98 Å². The lowest BCUT2D eigenvalue weighted by molar-refractivity contribution is -0.147. The van der Waals surface area contributed by atoms with Gasteiger partial charge in [0.15, 0.2) is 5.78 Å². The van der Waals surface area contributed by atoms with Crippen molar-refractivity contribution in [1.29, 1.82) is 0 Å². The summed E-state index contributed by atoms with van der Waals surface area (Å²) in [7, 11) is 0. The van der Waals surface area contributed by atoms with Crippen LogP contribution in [-0.2, 0) is 12.7 Å². The first kappa shape index (κ1) is 13.5. The summed E-state index contributed by atoms with van der Waals surface area (Å²) in [6.07, 6.45) is -4.64. The molecule has 0 amide bonds. The number of benzene rings is 1. The molecule has 1 aromatic carbocycles. The van der Waals surface area contributed by atoms with Gasteiger partial charge in [-0.1, -0.05) is 6.07 Å². The maximum absolute atomic E-state index is 12.9. The molecule has 2 rings (SSSR count). The van der Waals surface area contributed by atoms with Gasteiger partial charge in [-0.05, 0) is 19.1 Å². The Bertz CT molecular complexity index is 632. The normalized spacial score (nSPS) is 12.1. The predicted octanol–water partition coefficient (Wildman–Crippen LogP) is 2.25. The smallest absolute Gasteiger partial charge is 0.395 e. The summed E-state index contributed by atoms with van der Waals surface area (Å²) < 4.78 is 39.6. The summed E-state index contributed by atoms with van der Waals surface area (Å²) in [6.45, 7) is 0.596. The van der Waals surface area contributed by atoms with Crippen LogP contribution < -0.4 is 0 Å². The minimum absolute atomic E-state index is 0.00998. The maximum atomic E-state index is 12.9. The Balaban J connectivity index is 2.80. The summed E-state index contributed by atoms with van der Waals surface area (Å²) in [5.41, 5.74) is 0.338. The van der Waals surface area contributed by atoms with Gasteiger partial charge >= 0.3 is 6.18 Å². The second kappa shape index (κ2) is 4.65. The number of imidazole rings is 1. The van der Waals surface area contributed by atoms with Gasteiger partial charge < -0.3 is 9.67 Å². The lowest BCUT2D eigenvalue weighted by atomic mass is 10.1. The molecule has 0 atom stereocenters. The fourth-order valence-corrected chi connectivity index (χ4v) is 1.97. The highest BCUT2D eigenvalue weighted by Gasteiger charge is 2.37. The van der Waals surface area contributed by atoms with Crippen molar-refractivity contribution in [3.63, 3.8) is 0 Å². The Hall–Kier alpha value is -1.89. The van der Waals surface area contributed by atoms with E-state index < -0.39 is 18.6 Å². The Morgan fingerprint density at radius 2 is 2.11 bits per heavy atom. The summed E-state index contributed by atoms with van der Waals surface area (Å²) in [4.78, 5) is 14.9. The van der Waals surface area contributed by atoms with Gasteiger partial charge in [0, 0.05) is 12.1 Å². The fourth-order valence-electron chi connectivity index (χ4n) is 1.97. The van der Waals surface area contributed by atoms with Crippen molar-refractivity contribution in [2.75, 3.05) is 6.61 Å². The van der Waals surface area contributed by atoms with Gasteiger partial charge in [0.05, 0.1) is 17.6 Å². The van der Waals surface area contributed by atoms with E-state index in [0.717, 1.165) is 4.57 Å². The zero-order valence-electron chi connectivity index (χ0n) is 10.0. The van der Waals surface area contributed by atoms with Gasteiger partial charge in [0.25, 0.3) is 0 Å². The van der Waals surface area contributed by atoms with Gasteiger partial charge in [0.1, 0.15) is 0 Å². The Labute approximate surface area is 106 Å². The minimum atomic E-state index is -4.64. The first-order valence-electron chi connectivity index (χ1n) is 5.54. The molecule has 0 spiro atoms. The molecule has 0 aliphatic heterocycles. The third kappa shape index (κ3) is 2.33. The number of hydrogen-bond acceptors (Lipinski definition) is 3. The van der Waals surface area contributed by atoms with Crippen LogP contribution in [0, 0.1) is 0 Å². The monoisotopic (exact) mass is 272 g/mol. The van der Waals surface area contributed by atoms with E-state index in [4.69, 9.17) is 5.11 Å². The molecule has 0 unspecified atom stereocenters. The van der Waals surface area contributed by atoms with E-state index in [1.54, 1.807) is 0 Å². The van der Waals surface area contributed by atoms with Crippen LogP contribution in [0.5, 0.6) is 0 Å². The minimum Gasteiger partial charge on any atom is -0.395 e. The zero-order chi connectivity index (χ0) is 14.2. The first-order valence-corrected chi connectivity index (χ1v) is 5.54. The number of rotatable bonds is 3. The summed E-state index contributed by atoms with van der Waals surface area (Å²) >= 11 is 0. The molecule has 0 saturated heterocycles. The Morgan fingerprint density at radius 3 is 2.63 bits per heavy atom. The number of ketones is 1. The molecule has 2 aromatic rings. The molecule has 0 fully saturated rings. The summed E-state index contributed by atoms with van der Waals surface area (Å²) in [5.74, 6) is -1.46. The highest BCUT2D eigenvalue weighted by Crippen LogP contribution is 2.32. The van der Waals surface area contributed by atoms with Crippen LogP contribution in [-0.4, -0.2) is 27.0 Å². The third-order valence-electron chi connectivity index (χ3n) is 2.74. The predicted molar refractivity (Wildman–Crippen MR) is 61.8 cm³/mol. The lowest BCUT2D eigenvalue weighted by Gasteiger charge is -2.09. The second-order valence-corrected chi connectivity index (χ2v) is 4.04. The number of aliphatic hydroxyl groups excluding tert-OH is 1. The van der Waals surface area contributed by atoms with Crippen molar-refractivity contribution >= 4 is 16.8 Å². The van der Waals surface area contributed by atoms with Crippen LogP contribution in [0.25, 0.3) is 11.0 Å². The number of para-hydroxylation sites is 1. The Kier molecular flexibility index (Phi) is 3.32. The highest BCUT2D eigenvalue weighted by molar-refractivity contribution is 6.05. The van der Waals surface area contributed by atoms with Gasteiger partial charge in [-0.25, -0.2) is 4.98 Å². The van der Waals surface area contributed by atoms with Gasteiger partial charge in [0.2, 0.25) is 5.82 Å². The number of fused-ring (bicyclic) bond motifs is 1. The van der Waals surface area contributed by atoms with Crippen molar-refractivity contribution in [3.8, 4) is 0 Å². The SMILES string of the molecule is CC(=O)c1cccc2c1nc(C(F)(F)F)n2CCO. The van der Waals surface area contributed by atoms with E-state index in [1.165, 1.54) is 25.1 Å². The number of Topliss-reactive ketones (excluding diaryl/α,β-unsaturated/α-hetero) is 1. The highest BCUT2D eigenvalue weighted by atomic mass is 19.4. The molecule has 0 radical (unpaired) electrons.